The zero-order chi connectivity index (χ0) is 19.0. The number of aryl methyl sites for hydroxylation is 1. The molecule has 26 heavy (non-hydrogen) atoms. The van der Waals surface area contributed by atoms with Gasteiger partial charge in [0.25, 0.3) is 5.56 Å². The molecule has 0 aliphatic heterocycles. The summed E-state index contributed by atoms with van der Waals surface area (Å²) < 4.78 is 5.91. The molecule has 6 nitrogen and oxygen atoms in total. The number of rotatable bonds is 4. The van der Waals surface area contributed by atoms with Crippen molar-refractivity contribution in [2.45, 2.75) is 13.5 Å². The highest BCUT2D eigenvalue weighted by Gasteiger charge is 2.21. The number of halogens is 2. The lowest BCUT2D eigenvalue weighted by Gasteiger charge is -2.07. The minimum Gasteiger partial charge on any atom is -0.465 e. The van der Waals surface area contributed by atoms with Crippen molar-refractivity contribution in [1.29, 1.82) is 0 Å². The van der Waals surface area contributed by atoms with Crippen molar-refractivity contribution in [3.63, 3.8) is 0 Å². The number of fused-ring (bicyclic) bond motifs is 1. The number of carbonyl (C=O) groups is 2. The Morgan fingerprint density at radius 3 is 2.69 bits per heavy atom. The van der Waals surface area contributed by atoms with E-state index in [9.17, 15) is 14.4 Å². The lowest BCUT2D eigenvalue weighted by Crippen LogP contribution is -2.24. The summed E-state index contributed by atoms with van der Waals surface area (Å²) in [6.45, 7) is 1.42. The molecule has 1 aromatic carbocycles. The molecule has 0 radical (unpaired) electrons. The largest absolute Gasteiger partial charge is 0.465 e. The molecule has 2 aromatic heterocycles. The summed E-state index contributed by atoms with van der Waals surface area (Å²) >= 11 is 13.0. The van der Waals surface area contributed by atoms with Crippen molar-refractivity contribution in [3.8, 4) is 0 Å². The van der Waals surface area contributed by atoms with Gasteiger partial charge >= 0.3 is 5.97 Å². The minimum atomic E-state index is -0.527. The molecule has 134 valence electrons. The normalized spacial score (nSPS) is 10.9. The molecule has 3 rings (SSSR count). The number of nitrogens with zero attached hydrogens (tertiary/aromatic N) is 2. The minimum absolute atomic E-state index is 0.212. The molecule has 0 atom stereocenters. The van der Waals surface area contributed by atoms with Gasteiger partial charge in [-0.2, -0.15) is 0 Å². The second-order valence-electron chi connectivity index (χ2n) is 5.45. The van der Waals surface area contributed by atoms with Gasteiger partial charge in [0.05, 0.1) is 30.4 Å². The number of aromatic nitrogens is 2. The van der Waals surface area contributed by atoms with Crippen molar-refractivity contribution in [3.05, 3.63) is 60.9 Å². The summed E-state index contributed by atoms with van der Waals surface area (Å²) in [5.41, 5.74) is 0.346. The van der Waals surface area contributed by atoms with E-state index >= 15 is 0 Å². The van der Waals surface area contributed by atoms with Crippen LogP contribution in [0.3, 0.4) is 0 Å². The van der Waals surface area contributed by atoms with E-state index in [0.717, 1.165) is 11.3 Å². The maximum Gasteiger partial charge on any atom is 0.348 e. The van der Waals surface area contributed by atoms with Gasteiger partial charge in [0.1, 0.15) is 9.71 Å². The Kier molecular flexibility index (Phi) is 5.13. The van der Waals surface area contributed by atoms with Crippen LogP contribution in [0.25, 0.3) is 10.2 Å². The second-order valence-corrected chi connectivity index (χ2v) is 7.30. The Morgan fingerprint density at radius 2 is 2.04 bits per heavy atom. The number of thiophene rings is 1. The lowest BCUT2D eigenvalue weighted by atomic mass is 10.1. The molecule has 0 bridgehead atoms. The zero-order valence-electron chi connectivity index (χ0n) is 13.7. The van der Waals surface area contributed by atoms with Crippen LogP contribution in [-0.4, -0.2) is 28.4 Å². The Hall–Kier alpha value is -2.22. The third-order valence-electron chi connectivity index (χ3n) is 3.83. The topological polar surface area (TPSA) is 78.3 Å². The van der Waals surface area contributed by atoms with Crippen LogP contribution in [-0.2, 0) is 11.3 Å². The first kappa shape index (κ1) is 18.6. The van der Waals surface area contributed by atoms with Crippen LogP contribution in [0.5, 0.6) is 0 Å². The third-order valence-corrected chi connectivity index (χ3v) is 5.56. The zero-order valence-corrected chi connectivity index (χ0v) is 16.0. The van der Waals surface area contributed by atoms with Gasteiger partial charge in [0.15, 0.2) is 5.78 Å². The van der Waals surface area contributed by atoms with Crippen LogP contribution in [0.2, 0.25) is 10.0 Å². The highest BCUT2D eigenvalue weighted by molar-refractivity contribution is 7.20. The standard InChI is InChI=1S/C17H12Cl2N2O4S/c1-8-13-15(26-14(8)17(24)25-2)20-7-21(16(13)23)6-12(22)10-4-3-9(18)5-11(10)19/h3-5,7H,6H2,1-2H3. The predicted molar refractivity (Wildman–Crippen MR) is 101 cm³/mol. The van der Waals surface area contributed by atoms with Gasteiger partial charge in [0.2, 0.25) is 0 Å². The summed E-state index contributed by atoms with van der Waals surface area (Å²) in [5.74, 6) is -0.878. The number of ketones is 1. The van der Waals surface area contributed by atoms with E-state index in [0.29, 0.717) is 25.7 Å². The molecule has 0 unspecified atom stereocenters. The maximum absolute atomic E-state index is 12.8. The number of Topliss-reactive ketones (excluding diaryl/α,β-unsaturated/α-hetero) is 1. The second kappa shape index (κ2) is 7.19. The SMILES string of the molecule is COC(=O)c1sc2ncn(CC(=O)c3ccc(Cl)cc3Cl)c(=O)c2c1C. The van der Waals surface area contributed by atoms with E-state index in [1.54, 1.807) is 13.0 Å². The van der Waals surface area contributed by atoms with Crippen molar-refractivity contribution in [2.24, 2.45) is 0 Å². The van der Waals surface area contributed by atoms with Crippen LogP contribution >= 0.6 is 34.5 Å². The summed E-state index contributed by atoms with van der Waals surface area (Å²) in [5, 5.41) is 0.924. The van der Waals surface area contributed by atoms with Crippen molar-refractivity contribution >= 4 is 56.5 Å². The van der Waals surface area contributed by atoms with E-state index in [1.165, 1.54) is 30.1 Å². The number of hydrogen-bond donors (Lipinski definition) is 0. The molecule has 0 N–H and O–H groups in total. The average molecular weight is 411 g/mol. The fraction of sp³-hybridized carbons (Fsp3) is 0.176. The molecule has 0 aliphatic rings. The number of esters is 1. The summed E-state index contributed by atoms with van der Waals surface area (Å²) in [4.78, 5) is 42.0. The van der Waals surface area contributed by atoms with Gasteiger partial charge in [0, 0.05) is 10.6 Å². The Labute approximate surface area is 161 Å². The quantitative estimate of drug-likeness (QED) is 0.483. The Bertz CT molecular complexity index is 1100. The van der Waals surface area contributed by atoms with Gasteiger partial charge < -0.3 is 4.74 Å². The van der Waals surface area contributed by atoms with Gasteiger partial charge in [-0.05, 0) is 30.7 Å². The lowest BCUT2D eigenvalue weighted by molar-refractivity contribution is 0.0605. The fourth-order valence-electron chi connectivity index (χ4n) is 2.51. The van der Waals surface area contributed by atoms with Gasteiger partial charge in [-0.25, -0.2) is 9.78 Å². The van der Waals surface area contributed by atoms with E-state index in [4.69, 9.17) is 27.9 Å². The highest BCUT2D eigenvalue weighted by Crippen LogP contribution is 2.27. The number of benzene rings is 1. The summed E-state index contributed by atoms with van der Waals surface area (Å²) in [6, 6.07) is 4.53. The first-order valence-corrected chi connectivity index (χ1v) is 8.95. The molecular formula is C17H12Cl2N2O4S. The number of hydrogen-bond acceptors (Lipinski definition) is 6. The van der Waals surface area contributed by atoms with Crippen LogP contribution < -0.4 is 5.56 Å². The molecule has 0 saturated heterocycles. The van der Waals surface area contributed by atoms with Crippen molar-refractivity contribution in [1.82, 2.24) is 9.55 Å². The van der Waals surface area contributed by atoms with E-state index < -0.39 is 11.5 Å². The van der Waals surface area contributed by atoms with Gasteiger partial charge in [-0.3, -0.25) is 14.2 Å². The molecule has 0 amide bonds. The molecule has 0 fully saturated rings. The summed E-state index contributed by atoms with van der Waals surface area (Å²) in [7, 11) is 1.27. The Morgan fingerprint density at radius 1 is 1.31 bits per heavy atom. The molecule has 0 saturated carbocycles. The molecule has 0 spiro atoms. The first-order chi connectivity index (χ1) is 12.3. The summed E-state index contributed by atoms with van der Waals surface area (Å²) in [6.07, 6.45) is 1.28. The third kappa shape index (κ3) is 3.25. The number of carbonyl (C=O) groups excluding carboxylic acids is 2. The van der Waals surface area contributed by atoms with E-state index in [2.05, 4.69) is 4.98 Å². The van der Waals surface area contributed by atoms with E-state index in [-0.39, 0.29) is 22.9 Å². The molecule has 9 heteroatoms. The molecular weight excluding hydrogens is 399 g/mol. The monoisotopic (exact) mass is 410 g/mol. The average Bonchev–Trinajstić information content (AvgIpc) is 2.94. The van der Waals surface area contributed by atoms with Crippen molar-refractivity contribution in [2.75, 3.05) is 7.11 Å². The van der Waals surface area contributed by atoms with Crippen LogP contribution in [0.1, 0.15) is 25.6 Å². The number of ether oxygens (including phenoxy) is 1. The van der Waals surface area contributed by atoms with Crippen LogP contribution in [0.4, 0.5) is 0 Å². The van der Waals surface area contributed by atoms with E-state index in [1.807, 2.05) is 0 Å². The molecule has 3 aromatic rings. The predicted octanol–water partition coefficient (Wildman–Crippen LogP) is 3.74. The van der Waals surface area contributed by atoms with Crippen LogP contribution in [0, 0.1) is 6.92 Å². The van der Waals surface area contributed by atoms with Crippen LogP contribution in [0.15, 0.2) is 29.3 Å². The highest BCUT2D eigenvalue weighted by atomic mass is 35.5. The fourth-order valence-corrected chi connectivity index (χ4v) is 4.09. The molecule has 0 aliphatic carbocycles. The van der Waals surface area contributed by atoms with Gasteiger partial charge in [-0.15, -0.1) is 11.3 Å². The van der Waals surface area contributed by atoms with Gasteiger partial charge in [-0.1, -0.05) is 23.2 Å². The smallest absolute Gasteiger partial charge is 0.348 e. The number of methoxy groups -OCH3 is 1. The van der Waals surface area contributed by atoms with Crippen molar-refractivity contribution < 1.29 is 14.3 Å². The maximum atomic E-state index is 12.8. The molecule has 2 heterocycles. The first-order valence-electron chi connectivity index (χ1n) is 7.38. The Balaban J connectivity index is 2.02.